The molecule has 0 bridgehead atoms. The summed E-state index contributed by atoms with van der Waals surface area (Å²) in [5.74, 6) is -0.113. The normalized spacial score (nSPS) is 18.9. The zero-order valence-electron chi connectivity index (χ0n) is 19.2. The lowest BCUT2D eigenvalue weighted by atomic mass is 10.0. The van der Waals surface area contributed by atoms with Crippen LogP contribution < -0.4 is 5.32 Å². The summed E-state index contributed by atoms with van der Waals surface area (Å²) in [4.78, 5) is 15.5. The molecular formula is C25H33N3O4S. The summed E-state index contributed by atoms with van der Waals surface area (Å²) in [6.07, 6.45) is 1.76. The van der Waals surface area contributed by atoms with E-state index in [0.717, 1.165) is 25.9 Å². The summed E-state index contributed by atoms with van der Waals surface area (Å²) in [5.41, 5.74) is 2.84. The molecule has 2 fully saturated rings. The Morgan fingerprint density at radius 2 is 1.73 bits per heavy atom. The van der Waals surface area contributed by atoms with Crippen molar-refractivity contribution < 1.29 is 17.9 Å². The number of nitrogens with one attached hydrogen (secondary N) is 1. The van der Waals surface area contributed by atoms with Gasteiger partial charge in [-0.15, -0.1) is 0 Å². The average Bonchev–Trinajstić information content (AvgIpc) is 3.39. The molecule has 8 heteroatoms. The monoisotopic (exact) mass is 471 g/mol. The smallest absolute Gasteiger partial charge is 0.243 e. The Morgan fingerprint density at radius 3 is 2.42 bits per heavy atom. The number of rotatable bonds is 9. The first-order valence-corrected chi connectivity index (χ1v) is 13.1. The van der Waals surface area contributed by atoms with E-state index < -0.39 is 10.0 Å². The molecule has 2 saturated heterocycles. The molecule has 1 unspecified atom stereocenters. The molecule has 178 valence electrons. The molecule has 0 aliphatic carbocycles. The van der Waals surface area contributed by atoms with Gasteiger partial charge in [-0.1, -0.05) is 42.0 Å². The van der Waals surface area contributed by atoms with E-state index in [2.05, 4.69) is 41.4 Å². The molecule has 0 aromatic heterocycles. The van der Waals surface area contributed by atoms with Gasteiger partial charge in [-0.2, -0.15) is 4.31 Å². The lowest BCUT2D eigenvalue weighted by Gasteiger charge is -2.35. The molecule has 2 aliphatic rings. The zero-order valence-corrected chi connectivity index (χ0v) is 20.0. The second-order valence-corrected chi connectivity index (χ2v) is 10.7. The number of sulfonamides is 1. The van der Waals surface area contributed by atoms with Crippen LogP contribution in [0.2, 0.25) is 0 Å². The predicted octanol–water partition coefficient (Wildman–Crippen LogP) is 2.63. The van der Waals surface area contributed by atoms with Crippen LogP contribution in [0.15, 0.2) is 53.4 Å². The number of aryl methyl sites for hydroxylation is 1. The molecule has 7 nitrogen and oxygen atoms in total. The maximum Gasteiger partial charge on any atom is 0.243 e. The van der Waals surface area contributed by atoms with Gasteiger partial charge in [0.05, 0.1) is 24.7 Å². The topological polar surface area (TPSA) is 79.0 Å². The Kier molecular flexibility index (Phi) is 7.93. The van der Waals surface area contributed by atoms with Crippen molar-refractivity contribution in [2.45, 2.75) is 30.7 Å². The van der Waals surface area contributed by atoms with Gasteiger partial charge in [-0.05, 0) is 37.5 Å². The second kappa shape index (κ2) is 10.9. The minimum absolute atomic E-state index is 0.113. The zero-order chi connectivity index (χ0) is 23.3. The lowest BCUT2D eigenvalue weighted by Crippen LogP contribution is -2.43. The van der Waals surface area contributed by atoms with Crippen molar-refractivity contribution in [3.05, 3.63) is 65.2 Å². The number of carbonyl (C=O) groups is 1. The first-order chi connectivity index (χ1) is 15.9. The van der Waals surface area contributed by atoms with Gasteiger partial charge in [-0.3, -0.25) is 9.69 Å². The van der Waals surface area contributed by atoms with Gasteiger partial charge in [0.25, 0.3) is 0 Å². The van der Waals surface area contributed by atoms with E-state index >= 15 is 0 Å². The van der Waals surface area contributed by atoms with Crippen LogP contribution in [0, 0.1) is 6.92 Å². The Morgan fingerprint density at radius 1 is 1.03 bits per heavy atom. The van der Waals surface area contributed by atoms with Crippen molar-refractivity contribution in [1.82, 2.24) is 14.5 Å². The fourth-order valence-electron chi connectivity index (χ4n) is 4.47. The molecule has 2 aromatic carbocycles. The van der Waals surface area contributed by atoms with Crippen molar-refractivity contribution in [2.75, 3.05) is 52.5 Å². The van der Waals surface area contributed by atoms with E-state index in [4.69, 9.17) is 4.74 Å². The molecular weight excluding hydrogens is 438 g/mol. The van der Waals surface area contributed by atoms with E-state index in [-0.39, 0.29) is 23.3 Å². The van der Waals surface area contributed by atoms with Gasteiger partial charge in [0.1, 0.15) is 0 Å². The minimum Gasteiger partial charge on any atom is -0.379 e. The standard InChI is InChI=1S/C25H33N3O4S/c1-20-7-9-21(10-8-20)24(27-13-15-32-16-14-27)18-26-19-25(29)22-5-4-6-23(17-22)33(30,31)28-11-2-3-12-28/h4-10,17,24,26H,2-3,11-16,18-19H2,1H3. The minimum atomic E-state index is -3.54. The van der Waals surface area contributed by atoms with E-state index in [9.17, 15) is 13.2 Å². The quantitative estimate of drug-likeness (QED) is 0.567. The second-order valence-electron chi connectivity index (χ2n) is 8.77. The number of hydrogen-bond donors (Lipinski definition) is 1. The highest BCUT2D eigenvalue weighted by atomic mass is 32.2. The summed E-state index contributed by atoms with van der Waals surface area (Å²) in [7, 11) is -3.54. The highest BCUT2D eigenvalue weighted by Gasteiger charge is 2.28. The van der Waals surface area contributed by atoms with E-state index in [0.29, 0.717) is 38.4 Å². The number of nitrogens with zero attached hydrogens (tertiary/aromatic N) is 2. The van der Waals surface area contributed by atoms with Crippen LogP contribution in [-0.2, 0) is 14.8 Å². The van der Waals surface area contributed by atoms with Gasteiger partial charge in [0.15, 0.2) is 5.78 Å². The summed E-state index contributed by atoms with van der Waals surface area (Å²) >= 11 is 0. The van der Waals surface area contributed by atoms with Crippen LogP contribution in [0.25, 0.3) is 0 Å². The molecule has 2 heterocycles. The Bertz CT molecular complexity index is 1040. The number of hydrogen-bond acceptors (Lipinski definition) is 6. The first kappa shape index (κ1) is 24.0. The molecule has 0 saturated carbocycles. The molecule has 0 radical (unpaired) electrons. The molecule has 1 atom stereocenters. The SMILES string of the molecule is Cc1ccc(C(CNCC(=O)c2cccc(S(=O)(=O)N3CCCC3)c2)N2CCOCC2)cc1. The third kappa shape index (κ3) is 5.88. The highest BCUT2D eigenvalue weighted by molar-refractivity contribution is 7.89. The summed E-state index contributed by atoms with van der Waals surface area (Å²) in [5, 5.41) is 3.32. The van der Waals surface area contributed by atoms with Crippen molar-refractivity contribution >= 4 is 15.8 Å². The Hall–Kier alpha value is -2.10. The van der Waals surface area contributed by atoms with E-state index in [1.165, 1.54) is 21.5 Å². The van der Waals surface area contributed by atoms with Crippen LogP contribution in [-0.4, -0.2) is 75.9 Å². The highest BCUT2D eigenvalue weighted by Crippen LogP contribution is 2.23. The third-order valence-electron chi connectivity index (χ3n) is 6.43. The van der Waals surface area contributed by atoms with Crippen LogP contribution in [0.3, 0.4) is 0 Å². The predicted molar refractivity (Wildman–Crippen MR) is 128 cm³/mol. The van der Waals surface area contributed by atoms with Gasteiger partial charge in [0, 0.05) is 44.3 Å². The Balaban J connectivity index is 1.41. The number of ether oxygens (including phenoxy) is 1. The van der Waals surface area contributed by atoms with Gasteiger partial charge >= 0.3 is 0 Å². The fraction of sp³-hybridized carbons (Fsp3) is 0.480. The van der Waals surface area contributed by atoms with Crippen LogP contribution in [0.1, 0.15) is 40.4 Å². The number of carbonyl (C=O) groups excluding carboxylic acids is 1. The number of ketones is 1. The molecule has 0 amide bonds. The third-order valence-corrected chi connectivity index (χ3v) is 8.33. The van der Waals surface area contributed by atoms with Crippen LogP contribution in [0.4, 0.5) is 0 Å². The van der Waals surface area contributed by atoms with E-state index in [1.54, 1.807) is 18.2 Å². The lowest BCUT2D eigenvalue weighted by molar-refractivity contribution is 0.0162. The number of Topliss-reactive ketones (excluding diaryl/α,β-unsaturated/α-hetero) is 1. The molecule has 1 N–H and O–H groups in total. The summed E-state index contributed by atoms with van der Waals surface area (Å²) in [6, 6.07) is 15.1. The number of benzene rings is 2. The molecule has 2 aliphatic heterocycles. The van der Waals surface area contributed by atoms with Crippen LogP contribution >= 0.6 is 0 Å². The van der Waals surface area contributed by atoms with Gasteiger partial charge < -0.3 is 10.1 Å². The van der Waals surface area contributed by atoms with Crippen molar-refractivity contribution in [3.63, 3.8) is 0 Å². The molecule has 0 spiro atoms. The van der Waals surface area contributed by atoms with E-state index in [1.807, 2.05) is 0 Å². The van der Waals surface area contributed by atoms with Crippen LogP contribution in [0.5, 0.6) is 0 Å². The molecule has 33 heavy (non-hydrogen) atoms. The van der Waals surface area contributed by atoms with Gasteiger partial charge in [-0.25, -0.2) is 8.42 Å². The fourth-order valence-corrected chi connectivity index (χ4v) is 6.03. The molecule has 2 aromatic rings. The van der Waals surface area contributed by atoms with Crippen molar-refractivity contribution in [1.29, 1.82) is 0 Å². The van der Waals surface area contributed by atoms with Gasteiger partial charge in [0.2, 0.25) is 10.0 Å². The average molecular weight is 472 g/mol. The van der Waals surface area contributed by atoms with Crippen molar-refractivity contribution in [2.24, 2.45) is 0 Å². The summed E-state index contributed by atoms with van der Waals surface area (Å²) in [6.45, 7) is 7.06. The maximum atomic E-state index is 12.9. The number of morpholine rings is 1. The Labute approximate surface area is 196 Å². The summed E-state index contributed by atoms with van der Waals surface area (Å²) < 4.78 is 32.7. The molecule has 4 rings (SSSR count). The first-order valence-electron chi connectivity index (χ1n) is 11.7. The van der Waals surface area contributed by atoms with Crippen molar-refractivity contribution in [3.8, 4) is 0 Å². The largest absolute Gasteiger partial charge is 0.379 e. The maximum absolute atomic E-state index is 12.9.